The fraction of sp³-hybridized carbons (Fsp3) is 0.261. The molecule has 2 aromatic carbocycles. The van der Waals surface area contributed by atoms with Gasteiger partial charge in [0.05, 0.1) is 6.42 Å². The van der Waals surface area contributed by atoms with Crippen LogP contribution in [0, 0.1) is 5.82 Å². The Bertz CT molecular complexity index is 1150. The Balaban J connectivity index is 1.38. The van der Waals surface area contributed by atoms with Crippen LogP contribution in [-0.4, -0.2) is 31.8 Å². The summed E-state index contributed by atoms with van der Waals surface area (Å²) in [6, 6.07) is 16.7. The first-order valence-corrected chi connectivity index (χ1v) is 12.5. The normalized spacial score (nSPS) is 16.4. The van der Waals surface area contributed by atoms with E-state index in [1.54, 1.807) is 47.8 Å². The van der Waals surface area contributed by atoms with E-state index in [2.05, 4.69) is 4.72 Å². The minimum absolute atomic E-state index is 0.0332. The molecular weight excluding hydrogens is 435 g/mol. The number of hydrogen-bond acceptors (Lipinski definition) is 4. The Hall–Kier alpha value is -2.71. The van der Waals surface area contributed by atoms with Crippen LogP contribution in [0.1, 0.15) is 24.0 Å². The molecule has 1 aliphatic heterocycles. The number of anilines is 1. The van der Waals surface area contributed by atoms with Crippen LogP contribution in [0.25, 0.3) is 0 Å². The van der Waals surface area contributed by atoms with Crippen LogP contribution in [0.3, 0.4) is 0 Å². The first-order chi connectivity index (χ1) is 14.9. The van der Waals surface area contributed by atoms with Gasteiger partial charge >= 0.3 is 0 Å². The third-order valence-corrected chi connectivity index (χ3v) is 8.16. The van der Waals surface area contributed by atoms with E-state index in [1.165, 1.54) is 12.1 Å². The van der Waals surface area contributed by atoms with Gasteiger partial charge in [0.15, 0.2) is 0 Å². The summed E-state index contributed by atoms with van der Waals surface area (Å²) in [5.74, 6) is -0.228. The molecule has 3 aromatic rings. The standard InChI is InChI=1S/C23H23FN2O3S2/c24-19-5-1-4-18(14-19)15-21-6-2-12-26(21)22(27)16-17-8-10-20(11-9-17)25-31(28,29)23-7-3-13-30-23/h1,3-5,7-11,13-14,21,25H,2,6,12,15-16H2. The summed E-state index contributed by atoms with van der Waals surface area (Å²) in [7, 11) is -3.59. The highest BCUT2D eigenvalue weighted by molar-refractivity contribution is 7.94. The highest BCUT2D eigenvalue weighted by atomic mass is 32.2. The van der Waals surface area contributed by atoms with Gasteiger partial charge in [0, 0.05) is 18.3 Å². The van der Waals surface area contributed by atoms with Gasteiger partial charge in [-0.15, -0.1) is 11.3 Å². The third-order valence-electron chi connectivity index (χ3n) is 5.38. The van der Waals surface area contributed by atoms with E-state index in [4.69, 9.17) is 0 Å². The lowest BCUT2D eigenvalue weighted by Crippen LogP contribution is -2.37. The minimum Gasteiger partial charge on any atom is -0.339 e. The van der Waals surface area contributed by atoms with Crippen molar-refractivity contribution in [1.29, 1.82) is 0 Å². The van der Waals surface area contributed by atoms with Crippen molar-refractivity contribution in [3.05, 3.63) is 83.0 Å². The molecule has 162 valence electrons. The number of carbonyl (C=O) groups is 1. The Morgan fingerprint density at radius 2 is 1.90 bits per heavy atom. The lowest BCUT2D eigenvalue weighted by atomic mass is 10.0. The largest absolute Gasteiger partial charge is 0.339 e. The van der Waals surface area contributed by atoms with Crippen molar-refractivity contribution in [3.8, 4) is 0 Å². The molecule has 1 aliphatic rings. The van der Waals surface area contributed by atoms with Gasteiger partial charge in [0.2, 0.25) is 5.91 Å². The van der Waals surface area contributed by atoms with Gasteiger partial charge in [-0.2, -0.15) is 0 Å². The lowest BCUT2D eigenvalue weighted by Gasteiger charge is -2.25. The zero-order valence-corrected chi connectivity index (χ0v) is 18.5. The fourth-order valence-electron chi connectivity index (χ4n) is 3.90. The molecule has 0 radical (unpaired) electrons. The highest BCUT2D eigenvalue weighted by Crippen LogP contribution is 2.24. The van der Waals surface area contributed by atoms with Crippen LogP contribution in [0.5, 0.6) is 0 Å². The molecule has 1 N–H and O–H groups in total. The van der Waals surface area contributed by atoms with Crippen molar-refractivity contribution in [3.63, 3.8) is 0 Å². The highest BCUT2D eigenvalue weighted by Gasteiger charge is 2.28. The molecule has 2 heterocycles. The quantitative estimate of drug-likeness (QED) is 0.568. The number of hydrogen-bond donors (Lipinski definition) is 1. The first-order valence-electron chi connectivity index (χ1n) is 10.1. The predicted molar refractivity (Wildman–Crippen MR) is 120 cm³/mol. The summed E-state index contributed by atoms with van der Waals surface area (Å²) < 4.78 is 40.9. The molecule has 1 atom stereocenters. The molecule has 5 nitrogen and oxygen atoms in total. The maximum atomic E-state index is 13.5. The van der Waals surface area contributed by atoms with E-state index in [1.807, 2.05) is 11.0 Å². The van der Waals surface area contributed by atoms with E-state index in [-0.39, 0.29) is 28.4 Å². The molecule has 1 amide bonds. The smallest absolute Gasteiger partial charge is 0.271 e. The van der Waals surface area contributed by atoms with E-state index in [0.717, 1.165) is 35.3 Å². The molecule has 1 saturated heterocycles. The number of likely N-dealkylation sites (tertiary alicyclic amines) is 1. The topological polar surface area (TPSA) is 66.5 Å². The summed E-state index contributed by atoms with van der Waals surface area (Å²) >= 11 is 1.15. The van der Waals surface area contributed by atoms with Crippen molar-refractivity contribution in [2.75, 3.05) is 11.3 Å². The van der Waals surface area contributed by atoms with Crippen LogP contribution in [-0.2, 0) is 27.7 Å². The SMILES string of the molecule is O=C(Cc1ccc(NS(=O)(=O)c2cccs2)cc1)N1CCCC1Cc1cccc(F)c1. The third kappa shape index (κ3) is 5.32. The Morgan fingerprint density at radius 1 is 1.10 bits per heavy atom. The van der Waals surface area contributed by atoms with Crippen LogP contribution >= 0.6 is 11.3 Å². The van der Waals surface area contributed by atoms with Gasteiger partial charge < -0.3 is 4.90 Å². The Morgan fingerprint density at radius 3 is 2.61 bits per heavy atom. The van der Waals surface area contributed by atoms with Crippen LogP contribution < -0.4 is 4.72 Å². The maximum Gasteiger partial charge on any atom is 0.271 e. The number of nitrogens with zero attached hydrogens (tertiary/aromatic N) is 1. The number of carbonyl (C=O) groups excluding carboxylic acids is 1. The van der Waals surface area contributed by atoms with Gasteiger partial charge in [0.1, 0.15) is 10.0 Å². The van der Waals surface area contributed by atoms with Crippen LogP contribution in [0.4, 0.5) is 10.1 Å². The van der Waals surface area contributed by atoms with E-state index in [0.29, 0.717) is 18.7 Å². The van der Waals surface area contributed by atoms with Gasteiger partial charge in [-0.25, -0.2) is 12.8 Å². The number of nitrogens with one attached hydrogen (secondary N) is 1. The average molecular weight is 459 g/mol. The molecule has 0 bridgehead atoms. The van der Waals surface area contributed by atoms with Crippen molar-refractivity contribution >= 4 is 33.0 Å². The Labute approximate surface area is 185 Å². The molecule has 0 spiro atoms. The molecule has 0 saturated carbocycles. The van der Waals surface area contributed by atoms with Crippen LogP contribution in [0.2, 0.25) is 0 Å². The Kier molecular flexibility index (Phi) is 6.38. The second kappa shape index (κ2) is 9.20. The van der Waals surface area contributed by atoms with Crippen molar-refractivity contribution < 1.29 is 17.6 Å². The van der Waals surface area contributed by atoms with E-state index in [9.17, 15) is 17.6 Å². The van der Waals surface area contributed by atoms with E-state index >= 15 is 0 Å². The molecule has 31 heavy (non-hydrogen) atoms. The first kappa shape index (κ1) is 21.5. The summed E-state index contributed by atoms with van der Waals surface area (Å²) in [6.45, 7) is 0.706. The average Bonchev–Trinajstić information content (AvgIpc) is 3.42. The molecule has 1 aromatic heterocycles. The van der Waals surface area contributed by atoms with Crippen molar-refractivity contribution in [1.82, 2.24) is 4.90 Å². The zero-order valence-electron chi connectivity index (χ0n) is 16.8. The minimum atomic E-state index is -3.59. The number of rotatable bonds is 7. The monoisotopic (exact) mass is 458 g/mol. The predicted octanol–water partition coefficient (Wildman–Crippen LogP) is 4.46. The number of benzene rings is 2. The zero-order chi connectivity index (χ0) is 21.8. The molecule has 1 unspecified atom stereocenters. The number of halogens is 1. The number of amides is 1. The van der Waals surface area contributed by atoms with E-state index < -0.39 is 10.0 Å². The second-order valence-electron chi connectivity index (χ2n) is 7.63. The molecule has 4 rings (SSSR count). The van der Waals surface area contributed by atoms with Gasteiger partial charge in [0.25, 0.3) is 10.0 Å². The van der Waals surface area contributed by atoms with Gasteiger partial charge in [-0.05, 0) is 66.1 Å². The van der Waals surface area contributed by atoms with Gasteiger partial charge in [-0.1, -0.05) is 30.3 Å². The molecule has 0 aliphatic carbocycles. The summed E-state index contributed by atoms with van der Waals surface area (Å²) in [4.78, 5) is 14.8. The maximum absolute atomic E-state index is 13.5. The van der Waals surface area contributed by atoms with Crippen molar-refractivity contribution in [2.24, 2.45) is 0 Å². The van der Waals surface area contributed by atoms with Crippen LogP contribution in [0.15, 0.2) is 70.3 Å². The number of sulfonamides is 1. The second-order valence-corrected chi connectivity index (χ2v) is 10.5. The number of thiophene rings is 1. The lowest BCUT2D eigenvalue weighted by molar-refractivity contribution is -0.131. The molecular formula is C23H23FN2O3S2. The molecule has 8 heteroatoms. The summed E-state index contributed by atoms with van der Waals surface area (Å²) in [6.07, 6.45) is 2.74. The summed E-state index contributed by atoms with van der Waals surface area (Å²) in [5.41, 5.74) is 2.17. The van der Waals surface area contributed by atoms with Crippen molar-refractivity contribution in [2.45, 2.75) is 35.9 Å². The van der Waals surface area contributed by atoms with Gasteiger partial charge in [-0.3, -0.25) is 9.52 Å². The fourth-order valence-corrected chi connectivity index (χ4v) is 5.95. The molecule has 1 fully saturated rings. The summed E-state index contributed by atoms with van der Waals surface area (Å²) in [5, 5.41) is 1.71.